The van der Waals surface area contributed by atoms with Crippen LogP contribution in [0, 0.1) is 0 Å². The van der Waals surface area contributed by atoms with E-state index in [2.05, 4.69) is 0 Å². The highest BCUT2D eigenvalue weighted by Gasteiger charge is 2.28. The molecule has 1 aromatic rings. The highest BCUT2D eigenvalue weighted by molar-refractivity contribution is 6.43. The van der Waals surface area contributed by atoms with E-state index < -0.39 is 5.60 Å². The first-order chi connectivity index (χ1) is 10.7. The molecule has 4 nitrogen and oxygen atoms in total. The van der Waals surface area contributed by atoms with Gasteiger partial charge in [-0.3, -0.25) is 0 Å². The molecule has 0 atom stereocenters. The van der Waals surface area contributed by atoms with Gasteiger partial charge in [0.2, 0.25) is 0 Å². The van der Waals surface area contributed by atoms with Gasteiger partial charge in [-0.25, -0.2) is 4.79 Å². The molecule has 128 valence electrons. The summed E-state index contributed by atoms with van der Waals surface area (Å²) in [4.78, 5) is 13.9. The van der Waals surface area contributed by atoms with Crippen molar-refractivity contribution in [2.24, 2.45) is 0 Å². The van der Waals surface area contributed by atoms with Gasteiger partial charge in [-0.1, -0.05) is 23.2 Å². The van der Waals surface area contributed by atoms with E-state index in [1.165, 1.54) is 0 Å². The SMILES string of the molecule is COc1cc(C2CCN(C(=O)OC(C)(C)C)CC2)cc(Cl)c1Cl. The predicted octanol–water partition coefficient (Wildman–Crippen LogP) is 5.12. The third-order valence-corrected chi connectivity index (χ3v) is 4.64. The Labute approximate surface area is 147 Å². The first-order valence-electron chi connectivity index (χ1n) is 7.72. The van der Waals surface area contributed by atoms with E-state index in [0.29, 0.717) is 34.8 Å². The zero-order chi connectivity index (χ0) is 17.2. The van der Waals surface area contributed by atoms with E-state index in [4.69, 9.17) is 32.7 Å². The fourth-order valence-corrected chi connectivity index (χ4v) is 3.10. The Morgan fingerprint density at radius 2 is 1.83 bits per heavy atom. The van der Waals surface area contributed by atoms with Crippen LogP contribution in [0.25, 0.3) is 0 Å². The second kappa shape index (κ2) is 7.18. The molecule has 1 amide bonds. The van der Waals surface area contributed by atoms with Gasteiger partial charge >= 0.3 is 6.09 Å². The number of carbonyl (C=O) groups is 1. The summed E-state index contributed by atoms with van der Waals surface area (Å²) in [6.07, 6.45) is 1.48. The van der Waals surface area contributed by atoms with Crippen LogP contribution in [0.1, 0.15) is 45.1 Å². The molecular formula is C17H23Cl2NO3. The molecule has 0 spiro atoms. The van der Waals surface area contributed by atoms with Crippen LogP contribution in [0.15, 0.2) is 12.1 Å². The predicted molar refractivity (Wildman–Crippen MR) is 92.8 cm³/mol. The topological polar surface area (TPSA) is 38.8 Å². The van der Waals surface area contributed by atoms with Crippen LogP contribution in [0.3, 0.4) is 0 Å². The number of amides is 1. The van der Waals surface area contributed by atoms with Crippen LogP contribution in [-0.4, -0.2) is 36.8 Å². The number of likely N-dealkylation sites (tertiary alicyclic amines) is 1. The number of piperidine rings is 1. The standard InChI is InChI=1S/C17H23Cl2NO3/c1-17(2,3)23-16(21)20-7-5-11(6-8-20)12-9-13(18)15(19)14(10-12)22-4/h9-11H,5-8H2,1-4H3. The van der Waals surface area contributed by atoms with Crippen molar-refractivity contribution in [1.29, 1.82) is 0 Å². The van der Waals surface area contributed by atoms with Crippen molar-refractivity contribution in [3.8, 4) is 5.75 Å². The van der Waals surface area contributed by atoms with Gasteiger partial charge in [0.1, 0.15) is 16.4 Å². The van der Waals surface area contributed by atoms with E-state index in [9.17, 15) is 4.79 Å². The summed E-state index contributed by atoms with van der Waals surface area (Å²) in [6, 6.07) is 3.82. The molecule has 0 bridgehead atoms. The Balaban J connectivity index is 2.02. The number of nitrogens with zero attached hydrogens (tertiary/aromatic N) is 1. The van der Waals surface area contributed by atoms with Crippen LogP contribution < -0.4 is 4.74 Å². The number of hydrogen-bond acceptors (Lipinski definition) is 3. The summed E-state index contributed by atoms with van der Waals surface area (Å²) < 4.78 is 10.7. The molecule has 1 saturated heterocycles. The van der Waals surface area contributed by atoms with Crippen LogP contribution >= 0.6 is 23.2 Å². The van der Waals surface area contributed by atoms with Crippen molar-refractivity contribution < 1.29 is 14.3 Å². The third kappa shape index (κ3) is 4.67. The molecule has 0 N–H and O–H groups in total. The number of benzene rings is 1. The van der Waals surface area contributed by atoms with Crippen molar-refractivity contribution in [2.75, 3.05) is 20.2 Å². The van der Waals surface area contributed by atoms with Crippen LogP contribution in [0.2, 0.25) is 10.0 Å². The summed E-state index contributed by atoms with van der Waals surface area (Å²) in [5.41, 5.74) is 0.630. The molecule has 0 saturated carbocycles. The van der Waals surface area contributed by atoms with Gasteiger partial charge in [0.05, 0.1) is 12.1 Å². The molecule has 1 heterocycles. The Morgan fingerprint density at radius 1 is 1.22 bits per heavy atom. The lowest BCUT2D eigenvalue weighted by molar-refractivity contribution is 0.0205. The Kier molecular flexibility index (Phi) is 5.69. The number of halogens is 2. The van der Waals surface area contributed by atoms with Crippen molar-refractivity contribution in [3.63, 3.8) is 0 Å². The number of ether oxygens (including phenoxy) is 2. The lowest BCUT2D eigenvalue weighted by atomic mass is 9.89. The Hall–Kier alpha value is -1.13. The van der Waals surface area contributed by atoms with Gasteiger partial charge in [-0.05, 0) is 57.2 Å². The minimum Gasteiger partial charge on any atom is -0.495 e. The zero-order valence-electron chi connectivity index (χ0n) is 14.0. The fourth-order valence-electron chi connectivity index (χ4n) is 2.69. The first kappa shape index (κ1) is 18.2. The van der Waals surface area contributed by atoms with Crippen LogP contribution in [0.4, 0.5) is 4.79 Å². The maximum absolute atomic E-state index is 12.1. The van der Waals surface area contributed by atoms with Crippen molar-refractivity contribution >= 4 is 29.3 Å². The average Bonchev–Trinajstić information content (AvgIpc) is 2.48. The van der Waals surface area contributed by atoms with E-state index in [-0.39, 0.29) is 6.09 Å². The quantitative estimate of drug-likeness (QED) is 0.735. The summed E-state index contributed by atoms with van der Waals surface area (Å²) in [5, 5.41) is 0.930. The first-order valence-corrected chi connectivity index (χ1v) is 8.47. The lowest BCUT2D eigenvalue weighted by Crippen LogP contribution is -2.41. The van der Waals surface area contributed by atoms with Gasteiger partial charge in [0.25, 0.3) is 0 Å². The molecule has 2 rings (SSSR count). The smallest absolute Gasteiger partial charge is 0.410 e. The van der Waals surface area contributed by atoms with Crippen molar-refractivity contribution in [1.82, 2.24) is 4.90 Å². The largest absolute Gasteiger partial charge is 0.495 e. The number of rotatable bonds is 2. The summed E-state index contributed by atoms with van der Waals surface area (Å²) >= 11 is 12.3. The highest BCUT2D eigenvalue weighted by atomic mass is 35.5. The Morgan fingerprint density at radius 3 is 2.35 bits per heavy atom. The molecule has 6 heteroatoms. The lowest BCUT2D eigenvalue weighted by Gasteiger charge is -2.33. The molecule has 0 aliphatic carbocycles. The molecule has 1 aromatic carbocycles. The van der Waals surface area contributed by atoms with Crippen LogP contribution in [0.5, 0.6) is 5.75 Å². The minimum absolute atomic E-state index is 0.248. The molecule has 1 fully saturated rings. The maximum atomic E-state index is 12.1. The molecule has 1 aliphatic heterocycles. The molecular weight excluding hydrogens is 337 g/mol. The number of carbonyl (C=O) groups excluding carboxylic acids is 1. The van der Waals surface area contributed by atoms with Crippen molar-refractivity contribution in [2.45, 2.75) is 45.1 Å². The number of hydrogen-bond donors (Lipinski definition) is 0. The van der Waals surface area contributed by atoms with E-state index in [1.807, 2.05) is 32.9 Å². The van der Waals surface area contributed by atoms with E-state index in [1.54, 1.807) is 12.0 Å². The van der Waals surface area contributed by atoms with Gasteiger partial charge in [0, 0.05) is 13.1 Å². The summed E-state index contributed by atoms with van der Waals surface area (Å²) in [5.74, 6) is 0.918. The van der Waals surface area contributed by atoms with Crippen LogP contribution in [-0.2, 0) is 4.74 Å². The van der Waals surface area contributed by atoms with Crippen molar-refractivity contribution in [3.05, 3.63) is 27.7 Å². The normalized spacial score (nSPS) is 16.3. The summed E-state index contributed by atoms with van der Waals surface area (Å²) in [6.45, 7) is 6.96. The molecule has 23 heavy (non-hydrogen) atoms. The zero-order valence-corrected chi connectivity index (χ0v) is 15.5. The van der Waals surface area contributed by atoms with Gasteiger partial charge in [-0.2, -0.15) is 0 Å². The molecule has 1 aliphatic rings. The van der Waals surface area contributed by atoms with Gasteiger partial charge in [0.15, 0.2) is 0 Å². The fraction of sp³-hybridized carbons (Fsp3) is 0.588. The Bertz CT molecular complexity index is 576. The second-order valence-electron chi connectivity index (χ2n) is 6.76. The third-order valence-electron chi connectivity index (χ3n) is 3.86. The van der Waals surface area contributed by atoms with Gasteiger partial charge < -0.3 is 14.4 Å². The van der Waals surface area contributed by atoms with Gasteiger partial charge in [-0.15, -0.1) is 0 Å². The average molecular weight is 360 g/mol. The number of methoxy groups -OCH3 is 1. The summed E-state index contributed by atoms with van der Waals surface area (Å²) in [7, 11) is 1.58. The molecule has 0 aromatic heterocycles. The molecule has 0 unspecified atom stereocenters. The highest BCUT2D eigenvalue weighted by Crippen LogP contribution is 2.38. The van der Waals surface area contributed by atoms with E-state index in [0.717, 1.165) is 18.4 Å². The maximum Gasteiger partial charge on any atom is 0.410 e. The minimum atomic E-state index is -0.467. The van der Waals surface area contributed by atoms with E-state index >= 15 is 0 Å². The monoisotopic (exact) mass is 359 g/mol. The second-order valence-corrected chi connectivity index (χ2v) is 7.55. The molecule has 0 radical (unpaired) electrons.